The topological polar surface area (TPSA) is 29.5 Å². The van der Waals surface area contributed by atoms with Crippen molar-refractivity contribution in [2.75, 3.05) is 7.11 Å². The first kappa shape index (κ1) is 17.3. The minimum Gasteiger partial charge on any atom is -0.496 e. The summed E-state index contributed by atoms with van der Waals surface area (Å²) in [6.45, 7) is 10.8. The molecule has 2 nitrogen and oxygen atoms in total. The summed E-state index contributed by atoms with van der Waals surface area (Å²) in [5.41, 5.74) is 3.66. The monoisotopic (exact) mass is 304 g/mol. The highest BCUT2D eigenvalue weighted by molar-refractivity contribution is 5.51. The van der Waals surface area contributed by atoms with Crippen molar-refractivity contribution in [1.82, 2.24) is 0 Å². The van der Waals surface area contributed by atoms with Crippen molar-refractivity contribution in [3.8, 4) is 5.75 Å². The highest BCUT2D eigenvalue weighted by Crippen LogP contribution is 2.47. The minimum absolute atomic E-state index is 0.00395. The maximum Gasteiger partial charge on any atom is 0.126 e. The number of hydrogen-bond donors (Lipinski definition) is 1. The van der Waals surface area contributed by atoms with E-state index in [9.17, 15) is 5.11 Å². The first-order valence-electron chi connectivity index (χ1n) is 8.60. The predicted octanol–water partition coefficient (Wildman–Crippen LogP) is 5.27. The van der Waals surface area contributed by atoms with Crippen LogP contribution in [0.1, 0.15) is 89.5 Å². The lowest BCUT2D eigenvalue weighted by Gasteiger charge is -2.37. The summed E-state index contributed by atoms with van der Waals surface area (Å²) < 4.78 is 5.87. The zero-order valence-electron chi connectivity index (χ0n) is 15.1. The van der Waals surface area contributed by atoms with Gasteiger partial charge in [-0.2, -0.15) is 0 Å². The Bertz CT molecular complexity index is 517. The van der Waals surface area contributed by atoms with Gasteiger partial charge in [0.05, 0.1) is 13.2 Å². The Morgan fingerprint density at radius 1 is 1.14 bits per heavy atom. The molecule has 0 amide bonds. The highest BCUT2D eigenvalue weighted by atomic mass is 16.5. The van der Waals surface area contributed by atoms with Gasteiger partial charge in [-0.25, -0.2) is 0 Å². The molecule has 0 aliphatic heterocycles. The summed E-state index contributed by atoms with van der Waals surface area (Å²) in [5, 5.41) is 10.1. The molecule has 0 aromatic heterocycles. The number of methoxy groups -OCH3 is 1. The Labute approximate surface area is 135 Å². The van der Waals surface area contributed by atoms with Crippen LogP contribution >= 0.6 is 0 Å². The number of aliphatic hydroxyl groups excluding tert-OH is 1. The van der Waals surface area contributed by atoms with E-state index >= 15 is 0 Å². The van der Waals surface area contributed by atoms with Crippen LogP contribution < -0.4 is 4.74 Å². The zero-order valence-corrected chi connectivity index (χ0v) is 15.1. The van der Waals surface area contributed by atoms with Gasteiger partial charge in [0.25, 0.3) is 0 Å². The summed E-state index contributed by atoms with van der Waals surface area (Å²) >= 11 is 0. The molecule has 1 N–H and O–H groups in total. The molecular weight excluding hydrogens is 272 g/mol. The van der Waals surface area contributed by atoms with Crippen molar-refractivity contribution in [3.05, 3.63) is 28.8 Å². The summed E-state index contributed by atoms with van der Waals surface area (Å²) in [5.74, 6) is 1.03. The normalized spacial score (nSPS) is 19.8. The Kier molecular flexibility index (Phi) is 4.91. The second-order valence-corrected chi connectivity index (χ2v) is 8.20. The fourth-order valence-corrected chi connectivity index (χ4v) is 3.72. The van der Waals surface area contributed by atoms with Crippen LogP contribution in [0.5, 0.6) is 5.75 Å². The SMILES string of the molecule is COc1c(C(C)(C)C)cc(C(C)O)cc1C1(C)CCCCC1. The molecule has 22 heavy (non-hydrogen) atoms. The summed E-state index contributed by atoms with van der Waals surface area (Å²) in [4.78, 5) is 0. The average Bonchev–Trinajstić information content (AvgIpc) is 2.45. The number of ether oxygens (including phenoxy) is 1. The van der Waals surface area contributed by atoms with Crippen LogP contribution in [0.4, 0.5) is 0 Å². The molecule has 0 spiro atoms. The largest absolute Gasteiger partial charge is 0.496 e. The van der Waals surface area contributed by atoms with Crippen molar-refractivity contribution in [2.24, 2.45) is 0 Å². The minimum atomic E-state index is -0.446. The van der Waals surface area contributed by atoms with E-state index in [4.69, 9.17) is 4.74 Å². The van der Waals surface area contributed by atoms with Crippen molar-refractivity contribution < 1.29 is 9.84 Å². The lowest BCUT2D eigenvalue weighted by Crippen LogP contribution is -2.27. The third-order valence-corrected chi connectivity index (χ3v) is 5.21. The van der Waals surface area contributed by atoms with Crippen molar-refractivity contribution in [1.29, 1.82) is 0 Å². The highest BCUT2D eigenvalue weighted by Gasteiger charge is 2.34. The van der Waals surface area contributed by atoms with Gasteiger partial charge in [-0.15, -0.1) is 0 Å². The van der Waals surface area contributed by atoms with Gasteiger partial charge in [0, 0.05) is 11.1 Å². The smallest absolute Gasteiger partial charge is 0.126 e. The van der Waals surface area contributed by atoms with Crippen LogP contribution in [0.25, 0.3) is 0 Å². The lowest BCUT2D eigenvalue weighted by molar-refractivity contribution is 0.198. The molecule has 2 rings (SSSR count). The molecule has 1 fully saturated rings. The zero-order chi connectivity index (χ0) is 16.5. The maximum atomic E-state index is 10.1. The molecule has 2 heteroatoms. The third kappa shape index (κ3) is 3.32. The fourth-order valence-electron chi connectivity index (χ4n) is 3.72. The molecule has 0 radical (unpaired) electrons. The molecule has 1 aromatic carbocycles. The quantitative estimate of drug-likeness (QED) is 0.824. The van der Waals surface area contributed by atoms with Gasteiger partial charge in [0.2, 0.25) is 0 Å². The van der Waals surface area contributed by atoms with E-state index in [1.807, 2.05) is 6.92 Å². The first-order chi connectivity index (χ1) is 10.2. The Morgan fingerprint density at radius 3 is 2.18 bits per heavy atom. The van der Waals surface area contributed by atoms with Crippen molar-refractivity contribution in [3.63, 3.8) is 0 Å². The van der Waals surface area contributed by atoms with Crippen LogP contribution in [0.2, 0.25) is 0 Å². The molecule has 1 aliphatic rings. The van der Waals surface area contributed by atoms with Crippen LogP contribution in [0.15, 0.2) is 12.1 Å². The molecular formula is C20H32O2. The summed E-state index contributed by atoms with van der Waals surface area (Å²) in [7, 11) is 1.78. The molecule has 1 unspecified atom stereocenters. The number of benzene rings is 1. The van der Waals surface area contributed by atoms with Gasteiger partial charge in [-0.05, 0) is 48.3 Å². The predicted molar refractivity (Wildman–Crippen MR) is 92.8 cm³/mol. The molecule has 1 atom stereocenters. The summed E-state index contributed by atoms with van der Waals surface area (Å²) in [6.07, 6.45) is 5.86. The van der Waals surface area contributed by atoms with Crippen LogP contribution in [-0.4, -0.2) is 12.2 Å². The molecule has 124 valence electrons. The van der Waals surface area contributed by atoms with Gasteiger partial charge in [-0.1, -0.05) is 47.0 Å². The van der Waals surface area contributed by atoms with Crippen molar-refractivity contribution in [2.45, 2.75) is 83.7 Å². The summed E-state index contributed by atoms with van der Waals surface area (Å²) in [6, 6.07) is 4.31. The van der Waals surface area contributed by atoms with Crippen molar-refractivity contribution >= 4 is 0 Å². The van der Waals surface area contributed by atoms with E-state index in [1.54, 1.807) is 7.11 Å². The standard InChI is InChI=1S/C20H32O2/c1-14(21)15-12-16(19(2,3)4)18(22-6)17(13-15)20(5)10-8-7-9-11-20/h12-14,21H,7-11H2,1-6H3. The van der Waals surface area contributed by atoms with Crippen LogP contribution in [0.3, 0.4) is 0 Å². The molecule has 1 aliphatic carbocycles. The molecule has 1 aromatic rings. The third-order valence-electron chi connectivity index (χ3n) is 5.21. The molecule has 0 saturated heterocycles. The van der Waals surface area contributed by atoms with Crippen LogP contribution in [0, 0.1) is 0 Å². The molecule has 0 heterocycles. The second-order valence-electron chi connectivity index (χ2n) is 8.20. The first-order valence-corrected chi connectivity index (χ1v) is 8.60. The average molecular weight is 304 g/mol. The van der Waals surface area contributed by atoms with Gasteiger partial charge in [-0.3, -0.25) is 0 Å². The van der Waals surface area contributed by atoms with Gasteiger partial charge < -0.3 is 9.84 Å². The Balaban J connectivity index is 2.67. The number of aliphatic hydroxyl groups is 1. The van der Waals surface area contributed by atoms with Gasteiger partial charge in [0.15, 0.2) is 0 Å². The Hall–Kier alpha value is -1.02. The van der Waals surface area contributed by atoms with E-state index in [2.05, 4.69) is 39.8 Å². The van der Waals surface area contributed by atoms with Gasteiger partial charge in [0.1, 0.15) is 5.75 Å². The van der Waals surface area contributed by atoms with E-state index in [0.29, 0.717) is 0 Å². The number of rotatable bonds is 3. The van der Waals surface area contributed by atoms with E-state index < -0.39 is 6.10 Å². The lowest BCUT2D eigenvalue weighted by atomic mass is 9.68. The van der Waals surface area contributed by atoms with E-state index in [-0.39, 0.29) is 10.8 Å². The van der Waals surface area contributed by atoms with E-state index in [1.165, 1.54) is 43.2 Å². The molecule has 1 saturated carbocycles. The second kappa shape index (κ2) is 6.23. The number of hydrogen-bond acceptors (Lipinski definition) is 2. The van der Waals surface area contributed by atoms with Crippen LogP contribution in [-0.2, 0) is 10.8 Å². The van der Waals surface area contributed by atoms with Gasteiger partial charge >= 0.3 is 0 Å². The maximum absolute atomic E-state index is 10.1. The Morgan fingerprint density at radius 2 is 1.73 bits per heavy atom. The molecule has 0 bridgehead atoms. The fraction of sp³-hybridized carbons (Fsp3) is 0.700. The van der Waals surface area contributed by atoms with E-state index in [0.717, 1.165) is 11.3 Å².